The number of anilines is 1. The molecule has 0 aliphatic carbocycles. The number of carbonyl (C=O) groups is 1. The fraction of sp³-hybridized carbons (Fsp3) is 0.235. The molecule has 0 heterocycles. The molecule has 0 aliphatic rings. The highest BCUT2D eigenvalue weighted by Gasteiger charge is 2.21. The van der Waals surface area contributed by atoms with Gasteiger partial charge in [-0.1, -0.05) is 37.6 Å². The van der Waals surface area contributed by atoms with E-state index in [1.807, 2.05) is 13.8 Å². The van der Waals surface area contributed by atoms with Crippen molar-refractivity contribution in [2.45, 2.75) is 18.7 Å². The van der Waals surface area contributed by atoms with E-state index in [0.29, 0.717) is 6.54 Å². The lowest BCUT2D eigenvalue weighted by Crippen LogP contribution is -2.28. The molecule has 0 atom stereocenters. The molecule has 2 N–H and O–H groups in total. The van der Waals surface area contributed by atoms with Crippen molar-refractivity contribution >= 4 is 33.2 Å². The van der Waals surface area contributed by atoms with Gasteiger partial charge in [-0.15, -0.1) is 0 Å². The molecule has 0 saturated carbocycles. The fourth-order valence-electron chi connectivity index (χ4n) is 2.06. The third kappa shape index (κ3) is 4.93. The minimum Gasteiger partial charge on any atom is -0.352 e. The monoisotopic (exact) mass is 384 g/mol. The Kier molecular flexibility index (Phi) is 6.02. The normalized spacial score (nSPS) is 11.4. The van der Waals surface area contributed by atoms with Gasteiger partial charge in [0.1, 0.15) is 10.7 Å². The van der Waals surface area contributed by atoms with Crippen LogP contribution < -0.4 is 10.0 Å². The van der Waals surface area contributed by atoms with Gasteiger partial charge in [0.25, 0.3) is 15.9 Å². The van der Waals surface area contributed by atoms with Crippen molar-refractivity contribution in [1.82, 2.24) is 5.32 Å². The van der Waals surface area contributed by atoms with E-state index in [0.717, 1.165) is 18.2 Å². The zero-order valence-electron chi connectivity index (χ0n) is 13.7. The van der Waals surface area contributed by atoms with Crippen molar-refractivity contribution in [3.8, 4) is 0 Å². The van der Waals surface area contributed by atoms with Crippen LogP contribution in [0.5, 0.6) is 0 Å². The second kappa shape index (κ2) is 7.84. The minimum absolute atomic E-state index is 0.115. The smallest absolute Gasteiger partial charge is 0.263 e. The average molecular weight is 385 g/mol. The third-order valence-corrected chi connectivity index (χ3v) is 5.12. The summed E-state index contributed by atoms with van der Waals surface area (Å²) in [7, 11) is -4.08. The Morgan fingerprint density at radius 1 is 1.20 bits per heavy atom. The Balaban J connectivity index is 2.32. The van der Waals surface area contributed by atoms with Gasteiger partial charge in [0, 0.05) is 6.54 Å². The van der Waals surface area contributed by atoms with E-state index in [9.17, 15) is 17.6 Å². The number of hydrogen-bond donors (Lipinski definition) is 2. The highest BCUT2D eigenvalue weighted by atomic mass is 35.5. The SMILES string of the molecule is CC(C)CNC(=O)c1ccccc1NS(=O)(=O)c1ccc(F)cc1Cl. The molecule has 2 rings (SSSR count). The second-order valence-electron chi connectivity index (χ2n) is 5.83. The van der Waals surface area contributed by atoms with Gasteiger partial charge >= 0.3 is 0 Å². The number of hydrogen-bond acceptors (Lipinski definition) is 3. The molecular formula is C17H18ClFN2O3S. The Bertz CT molecular complexity index is 885. The molecule has 0 aliphatic heterocycles. The van der Waals surface area contributed by atoms with Crippen LogP contribution in [-0.4, -0.2) is 20.9 Å². The summed E-state index contributed by atoms with van der Waals surface area (Å²) in [5.41, 5.74) is 0.300. The Morgan fingerprint density at radius 3 is 2.52 bits per heavy atom. The molecule has 0 unspecified atom stereocenters. The van der Waals surface area contributed by atoms with Gasteiger partial charge in [-0.25, -0.2) is 12.8 Å². The summed E-state index contributed by atoms with van der Waals surface area (Å²) in [6.45, 7) is 4.36. The van der Waals surface area contributed by atoms with Crippen LogP contribution in [0.1, 0.15) is 24.2 Å². The van der Waals surface area contributed by atoms with E-state index in [2.05, 4.69) is 10.0 Å². The average Bonchev–Trinajstić information content (AvgIpc) is 2.52. The maximum atomic E-state index is 13.1. The maximum absolute atomic E-state index is 13.1. The molecule has 25 heavy (non-hydrogen) atoms. The van der Waals surface area contributed by atoms with Gasteiger partial charge in [-0.05, 0) is 36.2 Å². The van der Waals surface area contributed by atoms with Crippen LogP contribution in [0.2, 0.25) is 5.02 Å². The highest BCUT2D eigenvalue weighted by molar-refractivity contribution is 7.92. The van der Waals surface area contributed by atoms with Crippen molar-refractivity contribution in [2.75, 3.05) is 11.3 Å². The topological polar surface area (TPSA) is 75.3 Å². The van der Waals surface area contributed by atoms with Crippen molar-refractivity contribution in [3.05, 3.63) is 58.9 Å². The van der Waals surface area contributed by atoms with E-state index in [-0.39, 0.29) is 27.1 Å². The number of amides is 1. The summed E-state index contributed by atoms with van der Waals surface area (Å²) in [6, 6.07) is 9.20. The van der Waals surface area contributed by atoms with Crippen molar-refractivity contribution in [1.29, 1.82) is 0 Å². The molecule has 0 bridgehead atoms. The molecule has 1 amide bonds. The van der Waals surface area contributed by atoms with Gasteiger partial charge in [0.15, 0.2) is 0 Å². The molecule has 5 nitrogen and oxygen atoms in total. The number of rotatable bonds is 6. The third-order valence-electron chi connectivity index (χ3n) is 3.27. The first-order chi connectivity index (χ1) is 11.7. The number of halogens is 2. The zero-order valence-corrected chi connectivity index (χ0v) is 15.3. The first-order valence-corrected chi connectivity index (χ1v) is 9.42. The summed E-state index contributed by atoms with van der Waals surface area (Å²) < 4.78 is 40.5. The predicted molar refractivity (Wildman–Crippen MR) is 95.8 cm³/mol. The number of para-hydroxylation sites is 1. The van der Waals surface area contributed by atoms with Crippen LogP contribution >= 0.6 is 11.6 Å². The Labute approximate surface area is 151 Å². The standard InChI is InChI=1S/C17H18ClFN2O3S/c1-11(2)10-20-17(22)13-5-3-4-6-15(13)21-25(23,24)16-8-7-12(19)9-14(16)18/h3-9,11,21H,10H2,1-2H3,(H,20,22). The largest absolute Gasteiger partial charge is 0.352 e. The first kappa shape index (κ1) is 19.2. The minimum atomic E-state index is -4.08. The lowest BCUT2D eigenvalue weighted by Gasteiger charge is -2.14. The van der Waals surface area contributed by atoms with E-state index < -0.39 is 21.7 Å². The number of nitrogens with one attached hydrogen (secondary N) is 2. The van der Waals surface area contributed by atoms with Crippen LogP contribution in [0.3, 0.4) is 0 Å². The van der Waals surface area contributed by atoms with Crippen LogP contribution in [-0.2, 0) is 10.0 Å². The highest BCUT2D eigenvalue weighted by Crippen LogP contribution is 2.26. The van der Waals surface area contributed by atoms with Crippen LogP contribution in [0.15, 0.2) is 47.4 Å². The van der Waals surface area contributed by atoms with E-state index in [1.165, 1.54) is 12.1 Å². The van der Waals surface area contributed by atoms with Crippen molar-refractivity contribution in [3.63, 3.8) is 0 Å². The lowest BCUT2D eigenvalue weighted by molar-refractivity contribution is 0.0950. The van der Waals surface area contributed by atoms with Crippen LogP contribution in [0, 0.1) is 11.7 Å². The number of sulfonamides is 1. The summed E-state index contributed by atoms with van der Waals surface area (Å²) in [4.78, 5) is 12.0. The summed E-state index contributed by atoms with van der Waals surface area (Å²) in [5, 5.41) is 2.49. The molecule has 8 heteroatoms. The summed E-state index contributed by atoms with van der Waals surface area (Å²) >= 11 is 5.83. The fourth-order valence-corrected chi connectivity index (χ4v) is 3.67. The van der Waals surface area contributed by atoms with E-state index >= 15 is 0 Å². The molecule has 0 radical (unpaired) electrons. The summed E-state index contributed by atoms with van der Waals surface area (Å²) in [5.74, 6) is -0.777. The molecule has 2 aromatic carbocycles. The van der Waals surface area contributed by atoms with E-state index in [4.69, 9.17) is 11.6 Å². The van der Waals surface area contributed by atoms with Gasteiger partial charge in [-0.3, -0.25) is 9.52 Å². The van der Waals surface area contributed by atoms with Gasteiger partial charge < -0.3 is 5.32 Å². The Morgan fingerprint density at radius 2 is 1.88 bits per heavy atom. The van der Waals surface area contributed by atoms with Crippen LogP contribution in [0.4, 0.5) is 10.1 Å². The first-order valence-electron chi connectivity index (χ1n) is 7.56. The van der Waals surface area contributed by atoms with Crippen molar-refractivity contribution in [2.24, 2.45) is 5.92 Å². The lowest BCUT2D eigenvalue weighted by atomic mass is 10.1. The molecule has 0 fully saturated rings. The molecule has 0 spiro atoms. The number of benzene rings is 2. The van der Waals surface area contributed by atoms with E-state index in [1.54, 1.807) is 12.1 Å². The summed E-state index contributed by atoms with van der Waals surface area (Å²) in [6.07, 6.45) is 0. The predicted octanol–water partition coefficient (Wildman–Crippen LogP) is 3.67. The quantitative estimate of drug-likeness (QED) is 0.797. The molecule has 0 aromatic heterocycles. The second-order valence-corrected chi connectivity index (χ2v) is 7.89. The van der Waals surface area contributed by atoms with Gasteiger partial charge in [0.2, 0.25) is 0 Å². The van der Waals surface area contributed by atoms with Crippen molar-refractivity contribution < 1.29 is 17.6 Å². The number of carbonyl (C=O) groups excluding carboxylic acids is 1. The zero-order chi connectivity index (χ0) is 18.6. The molecule has 0 saturated heterocycles. The maximum Gasteiger partial charge on any atom is 0.263 e. The molecule has 2 aromatic rings. The molecule has 134 valence electrons. The van der Waals surface area contributed by atoms with Gasteiger partial charge in [-0.2, -0.15) is 0 Å². The molecular weight excluding hydrogens is 367 g/mol. The van der Waals surface area contributed by atoms with Gasteiger partial charge in [0.05, 0.1) is 16.3 Å². The Hall–Kier alpha value is -2.12. The van der Waals surface area contributed by atoms with Crippen LogP contribution in [0.25, 0.3) is 0 Å².